The molecule has 0 aliphatic rings. The Morgan fingerprint density at radius 1 is 1.47 bits per heavy atom. The summed E-state index contributed by atoms with van der Waals surface area (Å²) in [6, 6.07) is 0. The van der Waals surface area contributed by atoms with Crippen LogP contribution in [0.4, 0.5) is 5.95 Å². The molecule has 0 saturated carbocycles. The number of imidazole rings is 1. The number of anilines is 1. The molecule has 2 rings (SSSR count). The molecular formula is C9H13N5S. The molecule has 2 aromatic heterocycles. The van der Waals surface area contributed by atoms with Crippen molar-refractivity contribution in [1.29, 1.82) is 0 Å². The van der Waals surface area contributed by atoms with Crippen LogP contribution in [0.2, 0.25) is 0 Å². The SMILES string of the molecule is CCCCSc1nc(N)nc2nc[nH]c12. The van der Waals surface area contributed by atoms with Crippen LogP contribution >= 0.6 is 11.8 Å². The minimum atomic E-state index is 0.286. The molecule has 0 fully saturated rings. The van der Waals surface area contributed by atoms with Gasteiger partial charge in [-0.15, -0.1) is 11.8 Å². The van der Waals surface area contributed by atoms with Crippen molar-refractivity contribution >= 4 is 28.9 Å². The Morgan fingerprint density at radius 3 is 3.13 bits per heavy atom. The van der Waals surface area contributed by atoms with Gasteiger partial charge >= 0.3 is 0 Å². The smallest absolute Gasteiger partial charge is 0.223 e. The van der Waals surface area contributed by atoms with Crippen molar-refractivity contribution in [2.45, 2.75) is 24.8 Å². The minimum absolute atomic E-state index is 0.286. The lowest BCUT2D eigenvalue weighted by Gasteiger charge is -2.01. The van der Waals surface area contributed by atoms with Crippen molar-refractivity contribution in [3.8, 4) is 0 Å². The molecule has 80 valence electrons. The van der Waals surface area contributed by atoms with E-state index in [2.05, 4.69) is 26.9 Å². The third kappa shape index (κ3) is 2.20. The molecule has 2 heterocycles. The number of aromatic amines is 1. The van der Waals surface area contributed by atoms with Crippen LogP contribution in [-0.2, 0) is 0 Å². The van der Waals surface area contributed by atoms with Crippen molar-refractivity contribution in [2.24, 2.45) is 0 Å². The zero-order valence-corrected chi connectivity index (χ0v) is 9.34. The van der Waals surface area contributed by atoms with Gasteiger partial charge in [0.1, 0.15) is 10.5 Å². The number of hydrogen-bond acceptors (Lipinski definition) is 5. The maximum absolute atomic E-state index is 5.60. The number of fused-ring (bicyclic) bond motifs is 1. The normalized spacial score (nSPS) is 11.0. The number of nitrogen functional groups attached to an aromatic ring is 1. The molecule has 0 radical (unpaired) electrons. The summed E-state index contributed by atoms with van der Waals surface area (Å²) in [5, 5.41) is 0.892. The summed E-state index contributed by atoms with van der Waals surface area (Å²) in [6.45, 7) is 2.17. The van der Waals surface area contributed by atoms with Gasteiger partial charge in [-0.25, -0.2) is 9.97 Å². The van der Waals surface area contributed by atoms with Crippen LogP contribution in [0.15, 0.2) is 11.4 Å². The Hall–Kier alpha value is -1.30. The third-order valence-electron chi connectivity index (χ3n) is 2.01. The van der Waals surface area contributed by atoms with E-state index in [-0.39, 0.29) is 5.95 Å². The summed E-state index contributed by atoms with van der Waals surface area (Å²) < 4.78 is 0. The molecule has 0 amide bonds. The van der Waals surface area contributed by atoms with E-state index in [1.165, 1.54) is 12.8 Å². The Kier molecular flexibility index (Phi) is 3.05. The molecule has 6 heteroatoms. The minimum Gasteiger partial charge on any atom is -0.368 e. The summed E-state index contributed by atoms with van der Waals surface area (Å²) in [5.74, 6) is 1.33. The highest BCUT2D eigenvalue weighted by atomic mass is 32.2. The third-order valence-corrected chi connectivity index (χ3v) is 3.07. The predicted molar refractivity (Wildman–Crippen MR) is 61.7 cm³/mol. The Labute approximate surface area is 91.9 Å². The standard InChI is InChI=1S/C9H13N5S/c1-2-3-4-15-8-6-7(12-5-11-6)13-9(10)14-8/h5H,2-4H2,1H3,(H3,10,11,12,13,14). The summed E-state index contributed by atoms with van der Waals surface area (Å²) in [7, 11) is 0. The van der Waals surface area contributed by atoms with Gasteiger partial charge in [0.25, 0.3) is 0 Å². The van der Waals surface area contributed by atoms with Crippen molar-refractivity contribution in [2.75, 3.05) is 11.5 Å². The van der Waals surface area contributed by atoms with Crippen LogP contribution in [-0.4, -0.2) is 25.7 Å². The predicted octanol–water partition coefficient (Wildman–Crippen LogP) is 1.83. The van der Waals surface area contributed by atoms with Crippen LogP contribution in [0.25, 0.3) is 11.2 Å². The second-order valence-corrected chi connectivity index (χ2v) is 4.27. The van der Waals surface area contributed by atoms with Crippen LogP contribution in [0.5, 0.6) is 0 Å². The maximum Gasteiger partial charge on any atom is 0.223 e. The Bertz CT molecular complexity index is 453. The summed E-state index contributed by atoms with van der Waals surface area (Å²) in [5.41, 5.74) is 7.12. The number of nitrogens with one attached hydrogen (secondary N) is 1. The molecule has 5 nitrogen and oxygen atoms in total. The fourth-order valence-electron chi connectivity index (χ4n) is 1.24. The topological polar surface area (TPSA) is 80.5 Å². The summed E-state index contributed by atoms with van der Waals surface area (Å²) in [4.78, 5) is 15.3. The van der Waals surface area contributed by atoms with E-state index in [0.29, 0.717) is 5.65 Å². The first kappa shape index (κ1) is 10.2. The fraction of sp³-hybridized carbons (Fsp3) is 0.444. The van der Waals surface area contributed by atoms with E-state index in [4.69, 9.17) is 5.73 Å². The highest BCUT2D eigenvalue weighted by Crippen LogP contribution is 2.24. The lowest BCUT2D eigenvalue weighted by Crippen LogP contribution is -1.97. The highest BCUT2D eigenvalue weighted by Gasteiger charge is 2.08. The summed E-state index contributed by atoms with van der Waals surface area (Å²) >= 11 is 1.69. The Morgan fingerprint density at radius 2 is 2.33 bits per heavy atom. The zero-order chi connectivity index (χ0) is 10.7. The molecule has 0 atom stereocenters. The van der Waals surface area contributed by atoms with E-state index in [0.717, 1.165) is 16.3 Å². The lowest BCUT2D eigenvalue weighted by atomic mass is 10.4. The van der Waals surface area contributed by atoms with Gasteiger partial charge < -0.3 is 10.7 Å². The highest BCUT2D eigenvalue weighted by molar-refractivity contribution is 7.99. The van der Waals surface area contributed by atoms with Gasteiger partial charge in [0.05, 0.1) is 6.33 Å². The Balaban J connectivity index is 2.27. The van der Waals surface area contributed by atoms with Crippen LogP contribution in [0.1, 0.15) is 19.8 Å². The molecule has 0 bridgehead atoms. The molecule has 0 spiro atoms. The molecule has 2 aromatic rings. The molecule has 0 aliphatic heterocycles. The first-order valence-electron chi connectivity index (χ1n) is 4.90. The van der Waals surface area contributed by atoms with Crippen molar-refractivity contribution in [3.63, 3.8) is 0 Å². The molecule has 15 heavy (non-hydrogen) atoms. The first-order chi connectivity index (χ1) is 7.31. The van der Waals surface area contributed by atoms with Gasteiger partial charge in [0.15, 0.2) is 5.65 Å². The summed E-state index contributed by atoms with van der Waals surface area (Å²) in [6.07, 6.45) is 3.96. The second-order valence-electron chi connectivity index (χ2n) is 3.19. The number of thioether (sulfide) groups is 1. The van der Waals surface area contributed by atoms with Crippen LogP contribution in [0.3, 0.4) is 0 Å². The van der Waals surface area contributed by atoms with Gasteiger partial charge in [0.2, 0.25) is 5.95 Å². The number of nitrogens with zero attached hydrogens (tertiary/aromatic N) is 3. The number of unbranched alkanes of at least 4 members (excludes halogenated alkanes) is 1. The molecular weight excluding hydrogens is 210 g/mol. The number of nitrogens with two attached hydrogens (primary N) is 1. The second kappa shape index (κ2) is 4.48. The molecule has 3 N–H and O–H groups in total. The van der Waals surface area contributed by atoms with E-state index >= 15 is 0 Å². The molecule has 0 unspecified atom stereocenters. The van der Waals surface area contributed by atoms with Gasteiger partial charge in [-0.2, -0.15) is 4.98 Å². The van der Waals surface area contributed by atoms with E-state index < -0.39 is 0 Å². The van der Waals surface area contributed by atoms with Crippen molar-refractivity contribution < 1.29 is 0 Å². The molecule has 0 aromatic carbocycles. The van der Waals surface area contributed by atoms with Gasteiger partial charge in [0, 0.05) is 0 Å². The van der Waals surface area contributed by atoms with E-state index in [1.807, 2.05) is 0 Å². The van der Waals surface area contributed by atoms with Crippen molar-refractivity contribution in [3.05, 3.63) is 6.33 Å². The molecule has 0 aliphatic carbocycles. The van der Waals surface area contributed by atoms with Gasteiger partial charge in [-0.3, -0.25) is 0 Å². The number of aromatic nitrogens is 4. The van der Waals surface area contributed by atoms with Crippen LogP contribution in [0, 0.1) is 0 Å². The average Bonchev–Trinajstić information content (AvgIpc) is 2.65. The zero-order valence-electron chi connectivity index (χ0n) is 8.53. The number of hydrogen-bond donors (Lipinski definition) is 2. The monoisotopic (exact) mass is 223 g/mol. The first-order valence-corrected chi connectivity index (χ1v) is 5.89. The number of rotatable bonds is 4. The van der Waals surface area contributed by atoms with E-state index in [9.17, 15) is 0 Å². The largest absolute Gasteiger partial charge is 0.368 e. The van der Waals surface area contributed by atoms with Gasteiger partial charge in [-0.05, 0) is 12.2 Å². The maximum atomic E-state index is 5.60. The van der Waals surface area contributed by atoms with Gasteiger partial charge in [-0.1, -0.05) is 13.3 Å². The fourth-order valence-corrected chi connectivity index (χ4v) is 2.32. The number of H-pyrrole nitrogens is 1. The average molecular weight is 223 g/mol. The van der Waals surface area contributed by atoms with Crippen molar-refractivity contribution in [1.82, 2.24) is 19.9 Å². The van der Waals surface area contributed by atoms with E-state index in [1.54, 1.807) is 18.1 Å². The lowest BCUT2D eigenvalue weighted by molar-refractivity contribution is 0.895. The quantitative estimate of drug-likeness (QED) is 0.469. The van der Waals surface area contributed by atoms with Crippen LogP contribution < -0.4 is 5.73 Å². The molecule has 0 saturated heterocycles.